The number of amides is 1. The van der Waals surface area contributed by atoms with Gasteiger partial charge in [-0.1, -0.05) is 24.9 Å². The molecule has 112 valence electrons. The lowest BCUT2D eigenvalue weighted by Crippen LogP contribution is -2.39. The number of hydrogen-bond donors (Lipinski definition) is 0. The van der Waals surface area contributed by atoms with E-state index in [0.717, 1.165) is 23.9 Å². The van der Waals surface area contributed by atoms with E-state index in [4.69, 9.17) is 4.52 Å². The summed E-state index contributed by atoms with van der Waals surface area (Å²) in [7, 11) is 1.90. The molecular weight excluding hydrogens is 266 g/mol. The molecule has 1 saturated carbocycles. The average Bonchev–Trinajstić information content (AvgIpc) is 2.87. The normalized spacial score (nSPS) is 22.4. The lowest BCUT2D eigenvalue weighted by Gasteiger charge is -2.34. The van der Waals surface area contributed by atoms with Crippen LogP contribution >= 0.6 is 0 Å². The molecule has 0 N–H and O–H groups in total. The Hall–Kier alpha value is -1.91. The van der Waals surface area contributed by atoms with Crippen LogP contribution in [0.5, 0.6) is 0 Å². The van der Waals surface area contributed by atoms with Crippen LogP contribution in [0.15, 0.2) is 16.8 Å². The number of aromatic nitrogens is 2. The molecule has 0 aliphatic heterocycles. The Morgan fingerprint density at radius 1 is 1.43 bits per heavy atom. The smallest absolute Gasteiger partial charge is 0.257 e. The largest absolute Gasteiger partial charge is 0.339 e. The number of hydrogen-bond acceptors (Lipinski definition) is 4. The average molecular weight is 287 g/mol. The van der Waals surface area contributed by atoms with Gasteiger partial charge in [0.15, 0.2) is 0 Å². The molecule has 0 bridgehead atoms. The summed E-state index contributed by atoms with van der Waals surface area (Å²) in [6, 6.07) is 2.17. The molecule has 0 saturated heterocycles. The van der Waals surface area contributed by atoms with Crippen molar-refractivity contribution >= 4 is 17.0 Å². The van der Waals surface area contributed by atoms with Crippen molar-refractivity contribution in [2.45, 2.75) is 45.6 Å². The summed E-state index contributed by atoms with van der Waals surface area (Å²) in [4.78, 5) is 18.7. The molecule has 1 aliphatic carbocycles. The fraction of sp³-hybridized carbons (Fsp3) is 0.562. The van der Waals surface area contributed by atoms with Crippen LogP contribution < -0.4 is 0 Å². The van der Waals surface area contributed by atoms with Gasteiger partial charge in [-0.25, -0.2) is 4.98 Å². The van der Waals surface area contributed by atoms with Gasteiger partial charge in [-0.3, -0.25) is 4.79 Å². The zero-order valence-corrected chi connectivity index (χ0v) is 12.8. The second-order valence-corrected chi connectivity index (χ2v) is 6.19. The van der Waals surface area contributed by atoms with Gasteiger partial charge in [0.25, 0.3) is 11.6 Å². The van der Waals surface area contributed by atoms with Crippen LogP contribution in [0, 0.1) is 12.8 Å². The maximum atomic E-state index is 12.7. The Labute approximate surface area is 124 Å². The highest BCUT2D eigenvalue weighted by molar-refractivity contribution is 5.97. The zero-order valence-electron chi connectivity index (χ0n) is 12.8. The van der Waals surface area contributed by atoms with Gasteiger partial charge in [0.1, 0.15) is 0 Å². The summed E-state index contributed by atoms with van der Waals surface area (Å²) >= 11 is 0. The predicted molar refractivity (Wildman–Crippen MR) is 80.1 cm³/mol. The van der Waals surface area contributed by atoms with Gasteiger partial charge < -0.3 is 9.42 Å². The molecule has 1 fully saturated rings. The number of pyridine rings is 1. The third-order valence-electron chi connectivity index (χ3n) is 4.53. The van der Waals surface area contributed by atoms with Crippen LogP contribution in [-0.2, 0) is 0 Å². The number of fused-ring (bicyclic) bond motifs is 1. The molecule has 21 heavy (non-hydrogen) atoms. The molecule has 3 rings (SSSR count). The fourth-order valence-corrected chi connectivity index (χ4v) is 3.19. The Morgan fingerprint density at radius 2 is 2.24 bits per heavy atom. The molecule has 2 atom stereocenters. The standard InChI is InChI=1S/C16H21N3O2/c1-10-5-4-6-13(7-10)19(3)16(20)12-8-14-11(2)18-21-15(14)17-9-12/h8-10,13H,4-7H2,1-3H3/t10-,13+/m1/s1. The third-order valence-corrected chi connectivity index (χ3v) is 4.53. The Morgan fingerprint density at radius 3 is 3.00 bits per heavy atom. The first-order valence-electron chi connectivity index (χ1n) is 7.55. The molecule has 1 amide bonds. The van der Waals surface area contributed by atoms with E-state index in [9.17, 15) is 4.79 Å². The summed E-state index contributed by atoms with van der Waals surface area (Å²) in [6.07, 6.45) is 6.23. The van der Waals surface area contributed by atoms with Crippen LogP contribution in [0.25, 0.3) is 11.1 Å². The zero-order chi connectivity index (χ0) is 15.0. The van der Waals surface area contributed by atoms with Crippen molar-refractivity contribution in [3.63, 3.8) is 0 Å². The van der Waals surface area contributed by atoms with Gasteiger partial charge in [-0.05, 0) is 31.7 Å². The summed E-state index contributed by atoms with van der Waals surface area (Å²) < 4.78 is 5.09. The van der Waals surface area contributed by atoms with Crippen molar-refractivity contribution in [2.75, 3.05) is 7.05 Å². The highest BCUT2D eigenvalue weighted by Crippen LogP contribution is 2.27. The van der Waals surface area contributed by atoms with E-state index in [-0.39, 0.29) is 5.91 Å². The third kappa shape index (κ3) is 2.64. The van der Waals surface area contributed by atoms with Crippen molar-refractivity contribution in [2.24, 2.45) is 5.92 Å². The van der Waals surface area contributed by atoms with Crippen LogP contribution in [0.1, 0.15) is 48.7 Å². The highest BCUT2D eigenvalue weighted by Gasteiger charge is 2.26. The molecule has 5 nitrogen and oxygen atoms in total. The van der Waals surface area contributed by atoms with E-state index in [2.05, 4.69) is 17.1 Å². The lowest BCUT2D eigenvalue weighted by atomic mass is 9.86. The van der Waals surface area contributed by atoms with Crippen LogP contribution in [0.2, 0.25) is 0 Å². The minimum absolute atomic E-state index is 0.0316. The van der Waals surface area contributed by atoms with E-state index in [1.165, 1.54) is 12.8 Å². The second kappa shape index (κ2) is 5.47. The molecule has 0 spiro atoms. The van der Waals surface area contributed by atoms with Crippen molar-refractivity contribution in [3.05, 3.63) is 23.5 Å². The number of aryl methyl sites for hydroxylation is 1. The summed E-state index contributed by atoms with van der Waals surface area (Å²) in [5.74, 6) is 0.726. The Kier molecular flexibility index (Phi) is 3.66. The minimum atomic E-state index is 0.0316. The first kappa shape index (κ1) is 14.0. The molecule has 1 aliphatic rings. The molecule has 0 radical (unpaired) electrons. The van der Waals surface area contributed by atoms with E-state index in [1.807, 2.05) is 24.9 Å². The maximum absolute atomic E-state index is 12.7. The monoisotopic (exact) mass is 287 g/mol. The van der Waals surface area contributed by atoms with E-state index >= 15 is 0 Å². The highest BCUT2D eigenvalue weighted by atomic mass is 16.5. The quantitative estimate of drug-likeness (QED) is 0.851. The van der Waals surface area contributed by atoms with E-state index in [1.54, 1.807) is 6.20 Å². The first-order valence-corrected chi connectivity index (χ1v) is 7.55. The topological polar surface area (TPSA) is 59.2 Å². The summed E-state index contributed by atoms with van der Waals surface area (Å²) in [5.41, 5.74) is 1.86. The van der Waals surface area contributed by atoms with Crippen LogP contribution in [0.3, 0.4) is 0 Å². The summed E-state index contributed by atoms with van der Waals surface area (Å²) in [6.45, 7) is 4.12. The van der Waals surface area contributed by atoms with Gasteiger partial charge in [-0.2, -0.15) is 0 Å². The molecule has 0 unspecified atom stereocenters. The number of nitrogens with zero attached hydrogens (tertiary/aromatic N) is 3. The van der Waals surface area contributed by atoms with Gasteiger partial charge in [0.05, 0.1) is 16.6 Å². The van der Waals surface area contributed by atoms with Crippen molar-refractivity contribution < 1.29 is 9.32 Å². The number of rotatable bonds is 2. The summed E-state index contributed by atoms with van der Waals surface area (Å²) in [5, 5.41) is 4.69. The van der Waals surface area contributed by atoms with Crippen molar-refractivity contribution in [1.29, 1.82) is 0 Å². The van der Waals surface area contributed by atoms with Crippen LogP contribution in [-0.4, -0.2) is 34.0 Å². The van der Waals surface area contributed by atoms with Gasteiger partial charge in [-0.15, -0.1) is 0 Å². The van der Waals surface area contributed by atoms with Crippen LogP contribution in [0.4, 0.5) is 0 Å². The molecule has 5 heteroatoms. The predicted octanol–water partition coefficient (Wildman–Crippen LogP) is 3.18. The van der Waals surface area contributed by atoms with E-state index in [0.29, 0.717) is 23.2 Å². The maximum Gasteiger partial charge on any atom is 0.257 e. The Bertz CT molecular complexity index is 665. The number of carbonyl (C=O) groups is 1. The molecule has 2 aromatic heterocycles. The lowest BCUT2D eigenvalue weighted by molar-refractivity contribution is 0.0672. The van der Waals surface area contributed by atoms with Gasteiger partial charge in [0.2, 0.25) is 0 Å². The molecule has 0 aromatic carbocycles. The van der Waals surface area contributed by atoms with Crippen molar-refractivity contribution in [1.82, 2.24) is 15.0 Å². The minimum Gasteiger partial charge on any atom is -0.339 e. The van der Waals surface area contributed by atoms with E-state index < -0.39 is 0 Å². The fourth-order valence-electron chi connectivity index (χ4n) is 3.19. The molecule has 2 heterocycles. The Balaban J connectivity index is 1.83. The second-order valence-electron chi connectivity index (χ2n) is 6.19. The van der Waals surface area contributed by atoms with Gasteiger partial charge in [0, 0.05) is 19.3 Å². The van der Waals surface area contributed by atoms with Crippen molar-refractivity contribution in [3.8, 4) is 0 Å². The number of carbonyl (C=O) groups excluding carboxylic acids is 1. The first-order chi connectivity index (χ1) is 10.1. The molecular formula is C16H21N3O2. The van der Waals surface area contributed by atoms with Gasteiger partial charge >= 0.3 is 0 Å². The molecule has 2 aromatic rings. The SMILES string of the molecule is Cc1noc2ncc(C(=O)N(C)[C@H]3CCC[C@@H](C)C3)cc12.